The Kier molecular flexibility index (Phi) is 6.33. The van der Waals surface area contributed by atoms with Gasteiger partial charge in [-0.3, -0.25) is 14.3 Å². The zero-order valence-corrected chi connectivity index (χ0v) is 20.0. The van der Waals surface area contributed by atoms with Crippen molar-refractivity contribution < 1.29 is 4.79 Å². The van der Waals surface area contributed by atoms with Crippen LogP contribution in [0.15, 0.2) is 51.7 Å². The first-order valence-corrected chi connectivity index (χ1v) is 12.0. The summed E-state index contributed by atoms with van der Waals surface area (Å²) in [6.45, 7) is 3.93. The summed E-state index contributed by atoms with van der Waals surface area (Å²) in [5, 5.41) is 14.0. The van der Waals surface area contributed by atoms with Crippen LogP contribution in [0.4, 0.5) is 5.69 Å². The van der Waals surface area contributed by atoms with E-state index >= 15 is 0 Å². The number of thioether (sulfide) groups is 1. The molecule has 8 nitrogen and oxygen atoms in total. The van der Waals surface area contributed by atoms with E-state index in [1.807, 2.05) is 48.9 Å². The first-order valence-electron chi connectivity index (χ1n) is 10.1. The summed E-state index contributed by atoms with van der Waals surface area (Å²) >= 11 is 2.99. The number of thiophene rings is 1. The first kappa shape index (κ1) is 22.1. The molecule has 0 unspecified atom stereocenters. The van der Waals surface area contributed by atoms with Crippen LogP contribution in [0.5, 0.6) is 0 Å². The molecule has 32 heavy (non-hydrogen) atoms. The Bertz CT molecular complexity index is 1320. The van der Waals surface area contributed by atoms with Gasteiger partial charge in [-0.2, -0.15) is 0 Å². The molecule has 0 aliphatic rings. The van der Waals surface area contributed by atoms with Crippen LogP contribution in [0, 0.1) is 6.92 Å². The number of hydrogen-bond acceptors (Lipinski definition) is 6. The van der Waals surface area contributed by atoms with Gasteiger partial charge in [-0.05, 0) is 31.5 Å². The van der Waals surface area contributed by atoms with E-state index in [1.54, 1.807) is 27.7 Å². The highest BCUT2D eigenvalue weighted by Gasteiger charge is 2.19. The van der Waals surface area contributed by atoms with Gasteiger partial charge in [0.15, 0.2) is 11.0 Å². The van der Waals surface area contributed by atoms with Crippen LogP contribution >= 0.6 is 23.1 Å². The Morgan fingerprint density at radius 1 is 1.19 bits per heavy atom. The molecule has 0 bridgehead atoms. The van der Waals surface area contributed by atoms with Crippen LogP contribution in [0.25, 0.3) is 17.1 Å². The number of anilines is 1. The van der Waals surface area contributed by atoms with E-state index in [4.69, 9.17) is 0 Å². The SMILES string of the molecule is CCc1cc(-c2nnc(SCC(=O)Nc3c(C)n(C)n(-c4ccccc4)c3=O)n2C)cs1. The molecule has 0 fully saturated rings. The molecule has 3 heterocycles. The Balaban J connectivity index is 1.47. The van der Waals surface area contributed by atoms with E-state index in [0.29, 0.717) is 10.9 Å². The van der Waals surface area contributed by atoms with Crippen molar-refractivity contribution in [3.63, 3.8) is 0 Å². The van der Waals surface area contributed by atoms with Gasteiger partial charge in [0.1, 0.15) is 5.69 Å². The van der Waals surface area contributed by atoms with Crippen molar-refractivity contribution in [2.24, 2.45) is 14.1 Å². The molecular weight excluding hydrogens is 444 g/mol. The van der Waals surface area contributed by atoms with Crippen LogP contribution in [-0.4, -0.2) is 35.8 Å². The number of hydrogen-bond donors (Lipinski definition) is 1. The van der Waals surface area contributed by atoms with E-state index in [-0.39, 0.29) is 22.9 Å². The van der Waals surface area contributed by atoms with Crippen molar-refractivity contribution in [2.75, 3.05) is 11.1 Å². The van der Waals surface area contributed by atoms with E-state index in [1.165, 1.54) is 16.6 Å². The van der Waals surface area contributed by atoms with Gasteiger partial charge in [0.2, 0.25) is 5.91 Å². The maximum atomic E-state index is 13.0. The molecule has 0 saturated heterocycles. The van der Waals surface area contributed by atoms with Crippen LogP contribution in [0.3, 0.4) is 0 Å². The minimum atomic E-state index is -0.269. The molecule has 166 valence electrons. The zero-order chi connectivity index (χ0) is 22.8. The predicted octanol–water partition coefficient (Wildman–Crippen LogP) is 3.63. The Labute approximate surface area is 193 Å². The smallest absolute Gasteiger partial charge is 0.295 e. The molecular formula is C22H24N6O2S2. The van der Waals surface area contributed by atoms with Crippen LogP contribution in [-0.2, 0) is 25.3 Å². The minimum absolute atomic E-state index is 0.120. The molecule has 1 N–H and O–H groups in total. The van der Waals surface area contributed by atoms with Gasteiger partial charge in [-0.1, -0.05) is 36.9 Å². The average Bonchev–Trinajstić information content (AvgIpc) is 3.47. The Morgan fingerprint density at radius 2 is 1.94 bits per heavy atom. The van der Waals surface area contributed by atoms with Crippen molar-refractivity contribution >= 4 is 34.7 Å². The number of nitrogens with zero attached hydrogens (tertiary/aromatic N) is 5. The number of rotatable bonds is 7. The summed E-state index contributed by atoms with van der Waals surface area (Å²) in [6, 6.07) is 11.4. The van der Waals surface area contributed by atoms with Gasteiger partial charge in [0.05, 0.1) is 17.1 Å². The summed E-state index contributed by atoms with van der Waals surface area (Å²) < 4.78 is 5.16. The van der Waals surface area contributed by atoms with Gasteiger partial charge in [-0.15, -0.1) is 21.5 Å². The van der Waals surface area contributed by atoms with Crippen molar-refractivity contribution in [3.05, 3.63) is 62.7 Å². The van der Waals surface area contributed by atoms with Crippen molar-refractivity contribution in [2.45, 2.75) is 25.4 Å². The lowest BCUT2D eigenvalue weighted by Crippen LogP contribution is -2.23. The maximum absolute atomic E-state index is 13.0. The van der Waals surface area contributed by atoms with Crippen molar-refractivity contribution in [1.82, 2.24) is 24.1 Å². The second-order valence-electron chi connectivity index (χ2n) is 7.29. The summed E-state index contributed by atoms with van der Waals surface area (Å²) in [6.07, 6.45) is 0.981. The molecule has 3 aromatic heterocycles. The lowest BCUT2D eigenvalue weighted by molar-refractivity contribution is -0.113. The standard InChI is InChI=1S/C22H24N6O2S2/c1-5-17-11-15(12-31-17)20-24-25-22(26(20)3)32-13-18(29)23-19-14(2)27(4)28(21(19)30)16-9-7-6-8-10-16/h6-12H,5,13H2,1-4H3,(H,23,29). The van der Waals surface area contributed by atoms with Crippen LogP contribution in [0.1, 0.15) is 17.5 Å². The third-order valence-electron chi connectivity index (χ3n) is 5.25. The fraction of sp³-hybridized carbons (Fsp3) is 0.273. The lowest BCUT2D eigenvalue weighted by atomic mass is 10.2. The summed E-state index contributed by atoms with van der Waals surface area (Å²) in [4.78, 5) is 26.9. The number of aromatic nitrogens is 5. The lowest BCUT2D eigenvalue weighted by Gasteiger charge is -2.07. The molecule has 1 amide bonds. The summed E-state index contributed by atoms with van der Waals surface area (Å²) in [5.74, 6) is 0.623. The molecule has 4 rings (SSSR count). The minimum Gasteiger partial charge on any atom is -0.319 e. The topological polar surface area (TPSA) is 86.7 Å². The van der Waals surface area contributed by atoms with E-state index in [2.05, 4.69) is 33.9 Å². The van der Waals surface area contributed by atoms with E-state index in [0.717, 1.165) is 23.5 Å². The van der Waals surface area contributed by atoms with Crippen molar-refractivity contribution in [1.29, 1.82) is 0 Å². The molecule has 1 aromatic carbocycles. The molecule has 0 atom stereocenters. The number of para-hydroxylation sites is 1. The van der Waals surface area contributed by atoms with Gasteiger partial charge in [0, 0.05) is 29.9 Å². The van der Waals surface area contributed by atoms with E-state index in [9.17, 15) is 9.59 Å². The highest BCUT2D eigenvalue weighted by Crippen LogP contribution is 2.27. The third-order valence-corrected chi connectivity index (χ3v) is 7.35. The summed E-state index contributed by atoms with van der Waals surface area (Å²) in [5.41, 5.74) is 2.47. The zero-order valence-electron chi connectivity index (χ0n) is 18.3. The quantitative estimate of drug-likeness (QED) is 0.419. The molecule has 0 spiro atoms. The number of nitrogens with one attached hydrogen (secondary N) is 1. The predicted molar refractivity (Wildman–Crippen MR) is 129 cm³/mol. The molecule has 4 aromatic rings. The van der Waals surface area contributed by atoms with E-state index < -0.39 is 0 Å². The number of carbonyl (C=O) groups excluding carboxylic acids is 1. The normalized spacial score (nSPS) is 11.1. The van der Waals surface area contributed by atoms with Crippen molar-refractivity contribution in [3.8, 4) is 17.1 Å². The molecule has 0 aliphatic heterocycles. The molecule has 0 saturated carbocycles. The average molecular weight is 469 g/mol. The Hall–Kier alpha value is -3.11. The number of benzene rings is 1. The number of aryl methyl sites for hydroxylation is 1. The van der Waals surface area contributed by atoms with Crippen LogP contribution < -0.4 is 10.9 Å². The van der Waals surface area contributed by atoms with Gasteiger partial charge in [0.25, 0.3) is 5.56 Å². The summed E-state index contributed by atoms with van der Waals surface area (Å²) in [7, 11) is 3.68. The van der Waals surface area contributed by atoms with Gasteiger partial charge in [-0.25, -0.2) is 4.68 Å². The van der Waals surface area contributed by atoms with Crippen LogP contribution in [0.2, 0.25) is 0 Å². The second-order valence-corrected chi connectivity index (χ2v) is 9.23. The molecule has 0 radical (unpaired) electrons. The number of amides is 1. The number of carbonyl (C=O) groups is 1. The first-order chi connectivity index (χ1) is 15.4. The fourth-order valence-corrected chi connectivity index (χ4v) is 4.92. The highest BCUT2D eigenvalue weighted by atomic mass is 32.2. The molecule has 10 heteroatoms. The largest absolute Gasteiger partial charge is 0.319 e. The van der Waals surface area contributed by atoms with Gasteiger partial charge >= 0.3 is 0 Å². The van der Waals surface area contributed by atoms with Gasteiger partial charge < -0.3 is 9.88 Å². The maximum Gasteiger partial charge on any atom is 0.295 e. The highest BCUT2D eigenvalue weighted by molar-refractivity contribution is 7.99. The fourth-order valence-electron chi connectivity index (χ4n) is 3.39. The Morgan fingerprint density at radius 3 is 2.62 bits per heavy atom. The monoisotopic (exact) mass is 468 g/mol. The second kappa shape index (κ2) is 9.17. The third kappa shape index (κ3) is 4.15. The molecule has 0 aliphatic carbocycles.